The van der Waals surface area contributed by atoms with Crippen molar-refractivity contribution in [2.45, 2.75) is 25.4 Å². The van der Waals surface area contributed by atoms with E-state index in [0.717, 1.165) is 12.7 Å². The summed E-state index contributed by atoms with van der Waals surface area (Å²) in [6, 6.07) is 13.3. The number of hydrogen-bond donors (Lipinski definition) is 3. The summed E-state index contributed by atoms with van der Waals surface area (Å²) in [4.78, 5) is 23.8. The van der Waals surface area contributed by atoms with Crippen LogP contribution < -0.4 is 10.1 Å². The van der Waals surface area contributed by atoms with Gasteiger partial charge in [-0.05, 0) is 23.3 Å². The number of aliphatic hydroxyl groups is 2. The zero-order valence-corrected chi connectivity index (χ0v) is 17.4. The van der Waals surface area contributed by atoms with E-state index in [1.165, 1.54) is 24.3 Å². The van der Waals surface area contributed by atoms with E-state index in [4.69, 9.17) is 9.47 Å². The van der Waals surface area contributed by atoms with E-state index in [1.54, 1.807) is 24.3 Å². The molecule has 0 aromatic heterocycles. The van der Waals surface area contributed by atoms with Crippen LogP contribution in [0.15, 0.2) is 54.6 Å². The highest BCUT2D eigenvalue weighted by Crippen LogP contribution is 2.21. The Morgan fingerprint density at radius 1 is 1.03 bits per heavy atom. The Morgan fingerprint density at radius 2 is 1.68 bits per heavy atom. The number of hydrogen-bond acceptors (Lipinski definition) is 9. The fourth-order valence-corrected chi connectivity index (χ4v) is 3.02. The molecule has 31 heavy (non-hydrogen) atoms. The Bertz CT molecular complexity index is 960. The number of alkyl carbamates (subject to hydrolysis) is 1. The van der Waals surface area contributed by atoms with Crippen molar-refractivity contribution in [2.75, 3.05) is 12.9 Å². The zero-order valence-electron chi connectivity index (χ0n) is 16.6. The van der Waals surface area contributed by atoms with Crippen molar-refractivity contribution in [3.63, 3.8) is 0 Å². The molecule has 2 aromatic rings. The largest absolute Gasteiger partial charge is 0.445 e. The number of rotatable bonds is 10. The maximum Gasteiger partial charge on any atom is 0.408 e. The van der Waals surface area contributed by atoms with Crippen LogP contribution in [0.25, 0.3) is 0 Å². The summed E-state index contributed by atoms with van der Waals surface area (Å²) in [5, 5.41) is 21.6. The van der Waals surface area contributed by atoms with Crippen LogP contribution in [-0.4, -0.2) is 49.8 Å². The Labute approximate surface area is 179 Å². The number of carbonyl (C=O) groups is 2. The highest BCUT2D eigenvalue weighted by atomic mass is 32.2. The Kier molecular flexibility index (Phi) is 8.94. The Hall–Kier alpha value is -2.99. The molecule has 0 heterocycles. The SMILES string of the molecule is COS(=O)(=O)CCC(=O)Oc1ccc(C(NC(=O)OCc2ccccc2)C(O)O)cc1. The van der Waals surface area contributed by atoms with E-state index in [1.807, 2.05) is 6.07 Å². The van der Waals surface area contributed by atoms with Gasteiger partial charge in [0.05, 0.1) is 19.3 Å². The lowest BCUT2D eigenvalue weighted by atomic mass is 10.1. The molecule has 1 atom stereocenters. The molecule has 3 N–H and O–H groups in total. The molecule has 0 aliphatic heterocycles. The number of benzene rings is 2. The van der Waals surface area contributed by atoms with Gasteiger partial charge in [-0.25, -0.2) is 4.79 Å². The van der Waals surface area contributed by atoms with Crippen molar-refractivity contribution >= 4 is 22.2 Å². The third-order valence-electron chi connectivity index (χ3n) is 4.07. The highest BCUT2D eigenvalue weighted by Gasteiger charge is 2.22. The van der Waals surface area contributed by atoms with Crippen LogP contribution in [0, 0.1) is 0 Å². The maximum atomic E-state index is 12.0. The van der Waals surface area contributed by atoms with Gasteiger partial charge in [-0.2, -0.15) is 8.42 Å². The summed E-state index contributed by atoms with van der Waals surface area (Å²) in [5.74, 6) is -1.19. The van der Waals surface area contributed by atoms with Gasteiger partial charge in [0.1, 0.15) is 18.4 Å². The van der Waals surface area contributed by atoms with Crippen molar-refractivity contribution in [2.24, 2.45) is 0 Å². The molecule has 0 aliphatic carbocycles. The molecule has 0 aliphatic rings. The normalized spacial score (nSPS) is 12.3. The van der Waals surface area contributed by atoms with E-state index in [2.05, 4.69) is 9.50 Å². The standard InChI is InChI=1S/C20H23NO9S/c1-28-31(26,27)12-11-17(22)30-16-9-7-15(8-10-16)18(19(23)24)21-20(25)29-13-14-5-3-2-4-6-14/h2-10,18-19,23-24H,11-13H2,1H3,(H,21,25). The molecule has 0 bridgehead atoms. The lowest BCUT2D eigenvalue weighted by molar-refractivity contribution is -0.133. The summed E-state index contributed by atoms with van der Waals surface area (Å²) in [6.45, 7) is 0.00853. The predicted octanol–water partition coefficient (Wildman–Crippen LogP) is 1.24. The molecule has 0 saturated heterocycles. The maximum absolute atomic E-state index is 12.0. The lowest BCUT2D eigenvalue weighted by Gasteiger charge is -2.21. The summed E-state index contributed by atoms with van der Waals surface area (Å²) in [6.07, 6.45) is -3.17. The minimum atomic E-state index is -3.78. The van der Waals surface area contributed by atoms with Crippen molar-refractivity contribution in [3.8, 4) is 5.75 Å². The molecular formula is C20H23NO9S. The second-order valence-electron chi connectivity index (χ2n) is 6.32. The van der Waals surface area contributed by atoms with Crippen molar-refractivity contribution in [1.82, 2.24) is 5.32 Å². The van der Waals surface area contributed by atoms with Gasteiger partial charge in [0.15, 0.2) is 6.29 Å². The first-order chi connectivity index (χ1) is 14.7. The molecule has 10 nitrogen and oxygen atoms in total. The van der Waals surface area contributed by atoms with Crippen LogP contribution >= 0.6 is 0 Å². The molecule has 0 saturated carbocycles. The molecule has 168 valence electrons. The fraction of sp³-hybridized carbons (Fsp3) is 0.300. The van der Waals surface area contributed by atoms with E-state index < -0.39 is 46.7 Å². The van der Waals surface area contributed by atoms with Crippen LogP contribution in [0.5, 0.6) is 5.75 Å². The first kappa shape index (κ1) is 24.3. The van der Waals surface area contributed by atoms with E-state index >= 15 is 0 Å². The molecule has 1 amide bonds. The quantitative estimate of drug-likeness (QED) is 0.209. The third kappa shape index (κ3) is 8.34. The van der Waals surface area contributed by atoms with Gasteiger partial charge in [-0.3, -0.25) is 8.98 Å². The van der Waals surface area contributed by atoms with Gasteiger partial charge < -0.3 is 25.0 Å². The van der Waals surface area contributed by atoms with E-state index in [0.29, 0.717) is 5.56 Å². The van der Waals surface area contributed by atoms with Gasteiger partial charge in [-0.15, -0.1) is 0 Å². The third-order valence-corrected chi connectivity index (χ3v) is 5.28. The number of carbonyl (C=O) groups excluding carboxylic acids is 2. The van der Waals surface area contributed by atoms with Crippen LogP contribution in [0.3, 0.4) is 0 Å². The van der Waals surface area contributed by atoms with Crippen LogP contribution in [-0.2, 0) is 30.4 Å². The van der Waals surface area contributed by atoms with Crippen molar-refractivity contribution in [3.05, 3.63) is 65.7 Å². The van der Waals surface area contributed by atoms with Gasteiger partial charge in [0.25, 0.3) is 10.1 Å². The lowest BCUT2D eigenvalue weighted by Crippen LogP contribution is -2.36. The molecular weight excluding hydrogens is 430 g/mol. The zero-order chi connectivity index (χ0) is 22.9. The van der Waals surface area contributed by atoms with Crippen molar-refractivity contribution in [1.29, 1.82) is 0 Å². The van der Waals surface area contributed by atoms with Gasteiger partial charge in [0.2, 0.25) is 0 Å². The molecule has 0 fully saturated rings. The van der Waals surface area contributed by atoms with Crippen LogP contribution in [0.4, 0.5) is 4.79 Å². The molecule has 0 spiro atoms. The fourth-order valence-electron chi connectivity index (χ4n) is 2.44. The Morgan fingerprint density at radius 3 is 2.26 bits per heavy atom. The average Bonchev–Trinajstić information content (AvgIpc) is 2.76. The molecule has 1 unspecified atom stereocenters. The van der Waals surface area contributed by atoms with E-state index in [9.17, 15) is 28.2 Å². The van der Waals surface area contributed by atoms with E-state index in [-0.39, 0.29) is 12.4 Å². The number of amides is 1. The summed E-state index contributed by atoms with van der Waals surface area (Å²) >= 11 is 0. The van der Waals surface area contributed by atoms with Crippen LogP contribution in [0.1, 0.15) is 23.6 Å². The second-order valence-corrected chi connectivity index (χ2v) is 8.18. The van der Waals surface area contributed by atoms with Gasteiger partial charge in [0, 0.05) is 0 Å². The first-order valence-corrected chi connectivity index (χ1v) is 10.7. The first-order valence-electron chi connectivity index (χ1n) is 9.12. The number of nitrogens with one attached hydrogen (secondary N) is 1. The smallest absolute Gasteiger partial charge is 0.408 e. The highest BCUT2D eigenvalue weighted by molar-refractivity contribution is 7.86. The second kappa shape index (κ2) is 11.4. The molecule has 2 rings (SSSR count). The monoisotopic (exact) mass is 453 g/mol. The van der Waals surface area contributed by atoms with Crippen molar-refractivity contribution < 1.29 is 41.9 Å². The van der Waals surface area contributed by atoms with Crippen LogP contribution in [0.2, 0.25) is 0 Å². The number of aliphatic hydroxyl groups excluding tert-OH is 1. The average molecular weight is 453 g/mol. The molecule has 0 radical (unpaired) electrons. The number of ether oxygens (including phenoxy) is 2. The summed E-state index contributed by atoms with van der Waals surface area (Å²) in [7, 11) is -2.78. The summed E-state index contributed by atoms with van der Waals surface area (Å²) < 4.78 is 36.8. The molecule has 2 aromatic carbocycles. The number of esters is 1. The summed E-state index contributed by atoms with van der Waals surface area (Å²) in [5.41, 5.74) is 1.08. The minimum absolute atomic E-state index is 0.00853. The Balaban J connectivity index is 1.92. The molecule has 11 heteroatoms. The predicted molar refractivity (Wildman–Crippen MR) is 108 cm³/mol. The topological polar surface area (TPSA) is 148 Å². The van der Waals surface area contributed by atoms with Gasteiger partial charge in [-0.1, -0.05) is 42.5 Å². The minimum Gasteiger partial charge on any atom is -0.445 e. The van der Waals surface area contributed by atoms with Gasteiger partial charge >= 0.3 is 12.1 Å².